The lowest BCUT2D eigenvalue weighted by molar-refractivity contribution is -0.115. The van der Waals surface area contributed by atoms with Gasteiger partial charge in [-0.3, -0.25) is 14.5 Å². The third kappa shape index (κ3) is 12.2. The summed E-state index contributed by atoms with van der Waals surface area (Å²) in [5.41, 5.74) is 19.8. The summed E-state index contributed by atoms with van der Waals surface area (Å²) in [6.07, 6.45) is 1.88. The van der Waals surface area contributed by atoms with Crippen LogP contribution in [0.4, 0.5) is 11.4 Å². The van der Waals surface area contributed by atoms with Crippen LogP contribution in [-0.2, 0) is 10.2 Å². The Kier molecular flexibility index (Phi) is 17.5. The molecular formula is C48H61N3O3. The molecule has 0 aliphatic rings. The van der Waals surface area contributed by atoms with Gasteiger partial charge in [-0.2, -0.15) is 0 Å². The smallest absolute Gasteiger partial charge is 0.248 e. The molecule has 5 aromatic carbocycles. The van der Waals surface area contributed by atoms with E-state index in [1.54, 1.807) is 29.2 Å². The number of phenols is 1. The number of phenolic OH excluding ortho intramolecular Hbond substituents is 1. The molecule has 0 aliphatic carbocycles. The third-order valence-electron chi connectivity index (χ3n) is 9.16. The number of benzene rings is 5. The van der Waals surface area contributed by atoms with Gasteiger partial charge in [-0.15, -0.1) is 0 Å². The standard InChI is InChI=1S/C38H42N2O3.C6H7N.2C2H6/c1-24-8-12-29(13-9-24)26(3)20-21-38(6,7)36-19-17-32(42)23-35(36)33-18-14-30(37(39)43)22-34(33)27(4)40(28(5)41)31-15-10-25(2)11-16-31;7-6-4-2-1-3-5-6;2*1-2/h8-19,22-23,26,42H,4,20-21H2,1-3,5-7H3,(H2,39,43);1-5H,7H2;2*1-2H3. The number of aromatic hydroxyl groups is 1. The molecule has 6 heteroatoms. The van der Waals surface area contributed by atoms with E-state index in [4.69, 9.17) is 11.5 Å². The maximum Gasteiger partial charge on any atom is 0.248 e. The molecule has 6 nitrogen and oxygen atoms in total. The van der Waals surface area contributed by atoms with Gasteiger partial charge < -0.3 is 16.6 Å². The number of hydrogen-bond acceptors (Lipinski definition) is 4. The Morgan fingerprint density at radius 2 is 1.33 bits per heavy atom. The lowest BCUT2D eigenvalue weighted by Gasteiger charge is -2.31. The van der Waals surface area contributed by atoms with E-state index in [-0.39, 0.29) is 17.1 Å². The molecule has 0 heterocycles. The number of rotatable bonds is 10. The highest BCUT2D eigenvalue weighted by atomic mass is 16.3. The summed E-state index contributed by atoms with van der Waals surface area (Å²) in [7, 11) is 0. The van der Waals surface area contributed by atoms with Crippen LogP contribution in [0.25, 0.3) is 16.8 Å². The zero-order valence-corrected chi connectivity index (χ0v) is 34.0. The van der Waals surface area contributed by atoms with Crippen LogP contribution in [0.2, 0.25) is 0 Å². The molecule has 0 spiro atoms. The quantitative estimate of drug-likeness (QED) is 0.124. The molecule has 5 rings (SSSR count). The van der Waals surface area contributed by atoms with Crippen LogP contribution in [0.15, 0.2) is 122 Å². The second-order valence-electron chi connectivity index (χ2n) is 13.6. The third-order valence-corrected chi connectivity index (χ3v) is 9.16. The highest BCUT2D eigenvalue weighted by Gasteiger charge is 2.28. The van der Waals surface area contributed by atoms with Crippen LogP contribution in [0.5, 0.6) is 5.75 Å². The van der Waals surface area contributed by atoms with Crippen LogP contribution < -0.4 is 16.4 Å². The summed E-state index contributed by atoms with van der Waals surface area (Å²) in [5.74, 6) is -0.290. The number of amides is 2. The highest BCUT2D eigenvalue weighted by molar-refractivity contribution is 6.07. The van der Waals surface area contributed by atoms with E-state index < -0.39 is 5.91 Å². The van der Waals surface area contributed by atoms with Gasteiger partial charge in [-0.1, -0.05) is 133 Å². The topological polar surface area (TPSA) is 110 Å². The monoisotopic (exact) mass is 727 g/mol. The second-order valence-corrected chi connectivity index (χ2v) is 13.6. The number of aryl methyl sites for hydroxylation is 2. The van der Waals surface area contributed by atoms with Crippen molar-refractivity contribution in [1.29, 1.82) is 0 Å². The molecule has 0 aliphatic heterocycles. The van der Waals surface area contributed by atoms with Gasteiger partial charge in [0.15, 0.2) is 0 Å². The predicted octanol–water partition coefficient (Wildman–Crippen LogP) is 12.0. The van der Waals surface area contributed by atoms with Gasteiger partial charge in [0.25, 0.3) is 0 Å². The van der Waals surface area contributed by atoms with Gasteiger partial charge in [0.1, 0.15) is 5.75 Å². The summed E-state index contributed by atoms with van der Waals surface area (Å²) in [6.45, 7) is 24.6. The first kappa shape index (κ1) is 44.5. The molecule has 5 aromatic rings. The van der Waals surface area contributed by atoms with Crippen molar-refractivity contribution in [2.24, 2.45) is 5.73 Å². The van der Waals surface area contributed by atoms with E-state index in [1.807, 2.05) is 101 Å². The number of primary amides is 1. The number of nitrogens with zero attached hydrogens (tertiary/aromatic N) is 1. The minimum absolute atomic E-state index is 0.125. The zero-order valence-electron chi connectivity index (χ0n) is 34.0. The van der Waals surface area contributed by atoms with Crippen LogP contribution in [0, 0.1) is 13.8 Å². The van der Waals surface area contributed by atoms with Gasteiger partial charge >= 0.3 is 0 Å². The van der Waals surface area contributed by atoms with E-state index in [1.165, 1.54) is 18.1 Å². The summed E-state index contributed by atoms with van der Waals surface area (Å²) >= 11 is 0. The lowest BCUT2D eigenvalue weighted by Crippen LogP contribution is -2.27. The molecule has 0 aromatic heterocycles. The molecule has 0 radical (unpaired) electrons. The van der Waals surface area contributed by atoms with Gasteiger partial charge in [0, 0.05) is 35.1 Å². The van der Waals surface area contributed by atoms with Crippen LogP contribution in [0.1, 0.15) is 112 Å². The lowest BCUT2D eigenvalue weighted by atomic mass is 9.74. The van der Waals surface area contributed by atoms with E-state index in [9.17, 15) is 14.7 Å². The minimum Gasteiger partial charge on any atom is -0.508 e. The fraction of sp³-hybridized carbons (Fsp3) is 0.292. The molecule has 2 amide bonds. The Labute approximate surface area is 324 Å². The van der Waals surface area contributed by atoms with Crippen molar-refractivity contribution in [1.82, 2.24) is 0 Å². The van der Waals surface area contributed by atoms with Crippen molar-refractivity contribution >= 4 is 28.9 Å². The zero-order chi connectivity index (χ0) is 40.6. The Hall–Kier alpha value is -5.62. The van der Waals surface area contributed by atoms with Crippen LogP contribution >= 0.6 is 0 Å². The first-order chi connectivity index (χ1) is 25.7. The minimum atomic E-state index is -0.577. The van der Waals surface area contributed by atoms with Crippen LogP contribution in [-0.4, -0.2) is 16.9 Å². The molecule has 54 heavy (non-hydrogen) atoms. The first-order valence-corrected chi connectivity index (χ1v) is 18.9. The molecule has 0 saturated carbocycles. The molecule has 1 unspecified atom stereocenters. The molecule has 1 atom stereocenters. The SMILES string of the molecule is C=C(c1cc(C(N)=O)ccc1-c1cc(O)ccc1C(C)(C)CCC(C)c1ccc(C)cc1)N(C(C)=O)c1ccc(C)cc1.CC.CC.Nc1ccccc1. The molecule has 0 saturated heterocycles. The highest BCUT2D eigenvalue weighted by Crippen LogP contribution is 2.43. The van der Waals surface area contributed by atoms with E-state index in [0.29, 0.717) is 28.4 Å². The number of nitrogen functional groups attached to an aromatic ring is 1. The molecule has 0 fully saturated rings. The van der Waals surface area contributed by atoms with Crippen molar-refractivity contribution in [3.05, 3.63) is 155 Å². The maximum atomic E-state index is 13.0. The van der Waals surface area contributed by atoms with Crippen LogP contribution in [0.3, 0.4) is 0 Å². The van der Waals surface area contributed by atoms with Crippen molar-refractivity contribution in [2.75, 3.05) is 10.6 Å². The number of para-hydroxylation sites is 1. The Morgan fingerprint density at radius 1 is 0.778 bits per heavy atom. The van der Waals surface area contributed by atoms with Gasteiger partial charge in [0.05, 0.1) is 0 Å². The van der Waals surface area contributed by atoms with E-state index >= 15 is 0 Å². The Bertz CT molecular complexity index is 1950. The number of carbonyl (C=O) groups is 2. The molecular weight excluding hydrogens is 667 g/mol. The normalized spacial score (nSPS) is 10.9. The Morgan fingerprint density at radius 3 is 1.83 bits per heavy atom. The fourth-order valence-corrected chi connectivity index (χ4v) is 6.09. The Balaban J connectivity index is 0.000000801. The van der Waals surface area contributed by atoms with Gasteiger partial charge in [-0.25, -0.2) is 0 Å². The van der Waals surface area contributed by atoms with Crippen molar-refractivity contribution in [3.8, 4) is 16.9 Å². The first-order valence-electron chi connectivity index (χ1n) is 18.9. The number of hydrogen-bond donors (Lipinski definition) is 3. The van der Waals surface area contributed by atoms with Crippen molar-refractivity contribution < 1.29 is 14.7 Å². The maximum absolute atomic E-state index is 13.0. The molecule has 286 valence electrons. The second kappa shape index (κ2) is 21.2. The summed E-state index contributed by atoms with van der Waals surface area (Å²) in [5, 5.41) is 10.7. The van der Waals surface area contributed by atoms with E-state index in [0.717, 1.165) is 40.8 Å². The van der Waals surface area contributed by atoms with Gasteiger partial charge in [0.2, 0.25) is 11.8 Å². The average molecular weight is 728 g/mol. The summed E-state index contributed by atoms with van der Waals surface area (Å²) < 4.78 is 0. The average Bonchev–Trinajstić information content (AvgIpc) is 3.16. The summed E-state index contributed by atoms with van der Waals surface area (Å²) in [4.78, 5) is 26.8. The van der Waals surface area contributed by atoms with Crippen molar-refractivity contribution in [2.45, 2.75) is 93.4 Å². The largest absolute Gasteiger partial charge is 0.508 e. The number of carbonyl (C=O) groups excluding carboxylic acids is 2. The predicted molar refractivity (Wildman–Crippen MR) is 231 cm³/mol. The number of anilines is 2. The fourth-order valence-electron chi connectivity index (χ4n) is 6.09. The summed E-state index contributed by atoms with van der Waals surface area (Å²) in [6, 6.07) is 36.4. The molecule has 5 N–H and O–H groups in total. The van der Waals surface area contributed by atoms with Gasteiger partial charge in [-0.05, 0) is 109 Å². The van der Waals surface area contributed by atoms with E-state index in [2.05, 4.69) is 58.5 Å². The van der Waals surface area contributed by atoms with Crippen molar-refractivity contribution in [3.63, 3.8) is 0 Å². The molecule has 0 bridgehead atoms. The number of nitrogens with two attached hydrogens (primary N) is 2.